The number of halogens is 4. The Bertz CT molecular complexity index is 849. The summed E-state index contributed by atoms with van der Waals surface area (Å²) in [6, 6.07) is 3.94. The first-order valence-electron chi connectivity index (χ1n) is 7.27. The average Bonchev–Trinajstić information content (AvgIpc) is 3.34. The minimum absolute atomic E-state index is 0.0309. The van der Waals surface area contributed by atoms with Crippen molar-refractivity contribution in [3.8, 4) is 0 Å². The van der Waals surface area contributed by atoms with E-state index in [1.54, 1.807) is 0 Å². The van der Waals surface area contributed by atoms with Gasteiger partial charge in [0.2, 0.25) is 5.91 Å². The number of rotatable bonds is 4. The Labute approximate surface area is 157 Å². The van der Waals surface area contributed by atoms with Crippen LogP contribution in [0.5, 0.6) is 0 Å². The number of hydrogen-bond acceptors (Lipinski definition) is 3. The molecule has 1 aliphatic carbocycles. The Morgan fingerprint density at radius 3 is 2.32 bits per heavy atom. The molecule has 0 spiro atoms. The molecule has 3 rings (SSSR count). The third kappa shape index (κ3) is 4.21. The lowest BCUT2D eigenvalue weighted by Gasteiger charge is -2.11. The van der Waals surface area contributed by atoms with Crippen LogP contribution in [-0.4, -0.2) is 16.8 Å². The predicted octanol–water partition coefficient (Wildman–Crippen LogP) is 4.78. The molecule has 2 N–H and O–H groups in total. The van der Waals surface area contributed by atoms with Crippen LogP contribution in [0.15, 0.2) is 24.4 Å². The average molecular weight is 403 g/mol. The van der Waals surface area contributed by atoms with Crippen LogP contribution in [0.3, 0.4) is 0 Å². The molecule has 0 saturated heterocycles. The minimum Gasteiger partial charge on any atom is -0.319 e. The smallest absolute Gasteiger partial charge is 0.258 e. The SMILES string of the molecule is O=C(Nc1cc(NC(=O)C2CC2)ncc1F)c1c(Cl)cc(Cl)cc1Cl. The molecular weight excluding hydrogens is 392 g/mol. The fourth-order valence-electron chi connectivity index (χ4n) is 2.12. The molecular formula is C16H11Cl3FN3O2. The zero-order valence-electron chi connectivity index (χ0n) is 12.6. The number of carbonyl (C=O) groups is 2. The lowest BCUT2D eigenvalue weighted by molar-refractivity contribution is -0.117. The standard InChI is InChI=1S/C16H11Cl3FN3O2/c17-8-3-9(18)14(10(19)4-8)16(25)22-12-5-13(21-6-11(12)20)23-15(24)7-1-2-7/h3-7H,1-2H2,(H2,21,22,23,24,25). The minimum atomic E-state index is -0.765. The summed E-state index contributed by atoms with van der Waals surface area (Å²) in [5, 5.41) is 5.28. The molecule has 2 amide bonds. The van der Waals surface area contributed by atoms with Crippen molar-refractivity contribution in [2.75, 3.05) is 10.6 Å². The van der Waals surface area contributed by atoms with Gasteiger partial charge >= 0.3 is 0 Å². The molecule has 0 radical (unpaired) electrons. The molecule has 1 saturated carbocycles. The summed E-state index contributed by atoms with van der Waals surface area (Å²) in [5.41, 5.74) is -0.194. The predicted molar refractivity (Wildman–Crippen MR) is 95.0 cm³/mol. The van der Waals surface area contributed by atoms with Crippen LogP contribution < -0.4 is 10.6 Å². The molecule has 5 nitrogen and oxygen atoms in total. The van der Waals surface area contributed by atoms with Gasteiger partial charge < -0.3 is 10.6 Å². The number of pyridine rings is 1. The van der Waals surface area contributed by atoms with Gasteiger partial charge in [0.1, 0.15) is 5.82 Å². The van der Waals surface area contributed by atoms with Gasteiger partial charge in [-0.3, -0.25) is 9.59 Å². The Morgan fingerprint density at radius 2 is 1.72 bits per heavy atom. The second-order valence-electron chi connectivity index (χ2n) is 5.51. The van der Waals surface area contributed by atoms with E-state index < -0.39 is 11.7 Å². The largest absolute Gasteiger partial charge is 0.319 e. The van der Waals surface area contributed by atoms with Gasteiger partial charge in [0, 0.05) is 17.0 Å². The summed E-state index contributed by atoms with van der Waals surface area (Å²) in [5.74, 6) is -1.55. The molecule has 130 valence electrons. The summed E-state index contributed by atoms with van der Waals surface area (Å²) < 4.78 is 13.9. The van der Waals surface area contributed by atoms with Gasteiger partial charge in [0.15, 0.2) is 5.82 Å². The Kier molecular flexibility index (Phi) is 5.13. The molecule has 25 heavy (non-hydrogen) atoms. The maximum Gasteiger partial charge on any atom is 0.258 e. The van der Waals surface area contributed by atoms with Crippen molar-refractivity contribution < 1.29 is 14.0 Å². The van der Waals surface area contributed by atoms with Gasteiger partial charge in [-0.15, -0.1) is 0 Å². The summed E-state index contributed by atoms with van der Waals surface area (Å²) in [7, 11) is 0. The topological polar surface area (TPSA) is 71.1 Å². The highest BCUT2D eigenvalue weighted by atomic mass is 35.5. The second-order valence-corrected chi connectivity index (χ2v) is 6.76. The van der Waals surface area contributed by atoms with E-state index in [4.69, 9.17) is 34.8 Å². The zero-order valence-corrected chi connectivity index (χ0v) is 14.8. The van der Waals surface area contributed by atoms with Crippen LogP contribution in [0.1, 0.15) is 23.2 Å². The molecule has 1 fully saturated rings. The number of nitrogens with zero attached hydrogens (tertiary/aromatic N) is 1. The fourth-order valence-corrected chi connectivity index (χ4v) is 3.11. The first-order valence-corrected chi connectivity index (χ1v) is 8.41. The Morgan fingerprint density at radius 1 is 1.08 bits per heavy atom. The van der Waals surface area contributed by atoms with Crippen LogP contribution in [0.4, 0.5) is 15.9 Å². The van der Waals surface area contributed by atoms with E-state index in [0.29, 0.717) is 0 Å². The number of carbonyl (C=O) groups excluding carboxylic acids is 2. The van der Waals surface area contributed by atoms with Gasteiger partial charge in [0.05, 0.1) is 27.5 Å². The number of anilines is 2. The highest BCUT2D eigenvalue weighted by Crippen LogP contribution is 2.31. The van der Waals surface area contributed by atoms with E-state index in [-0.39, 0.29) is 44.0 Å². The third-order valence-corrected chi connectivity index (χ3v) is 4.35. The first-order chi connectivity index (χ1) is 11.8. The van der Waals surface area contributed by atoms with Crippen LogP contribution in [0.25, 0.3) is 0 Å². The molecule has 2 aromatic rings. The number of nitrogens with one attached hydrogen (secondary N) is 2. The number of hydrogen-bond donors (Lipinski definition) is 2. The Balaban J connectivity index is 1.82. The quantitative estimate of drug-likeness (QED) is 0.773. The van der Waals surface area contributed by atoms with Crippen LogP contribution >= 0.6 is 34.8 Å². The van der Waals surface area contributed by atoms with E-state index in [1.807, 2.05) is 0 Å². The Hall–Kier alpha value is -1.89. The highest BCUT2D eigenvalue weighted by molar-refractivity contribution is 6.42. The van der Waals surface area contributed by atoms with Crippen molar-refractivity contribution in [1.29, 1.82) is 0 Å². The van der Waals surface area contributed by atoms with E-state index in [0.717, 1.165) is 19.0 Å². The fraction of sp³-hybridized carbons (Fsp3) is 0.188. The van der Waals surface area contributed by atoms with Crippen LogP contribution in [-0.2, 0) is 4.79 Å². The zero-order chi connectivity index (χ0) is 18.1. The second kappa shape index (κ2) is 7.15. The molecule has 1 aliphatic rings. The van der Waals surface area contributed by atoms with Crippen LogP contribution in [0, 0.1) is 11.7 Å². The summed E-state index contributed by atoms with van der Waals surface area (Å²) in [6.07, 6.45) is 2.55. The number of amides is 2. The van der Waals surface area contributed by atoms with E-state index in [1.165, 1.54) is 18.2 Å². The maximum absolute atomic E-state index is 13.9. The molecule has 0 aliphatic heterocycles. The monoisotopic (exact) mass is 401 g/mol. The first kappa shape index (κ1) is 17.9. The molecule has 0 unspecified atom stereocenters. The lowest BCUT2D eigenvalue weighted by Crippen LogP contribution is -2.17. The van der Waals surface area contributed by atoms with Crippen molar-refractivity contribution in [2.45, 2.75) is 12.8 Å². The van der Waals surface area contributed by atoms with Gasteiger partial charge in [-0.2, -0.15) is 0 Å². The highest BCUT2D eigenvalue weighted by Gasteiger charge is 2.30. The third-order valence-electron chi connectivity index (χ3n) is 3.54. The molecule has 1 heterocycles. The molecule has 1 aromatic carbocycles. The van der Waals surface area contributed by atoms with Crippen LogP contribution in [0.2, 0.25) is 15.1 Å². The lowest BCUT2D eigenvalue weighted by atomic mass is 10.2. The number of benzene rings is 1. The maximum atomic E-state index is 13.9. The summed E-state index contributed by atoms with van der Waals surface area (Å²) >= 11 is 17.8. The van der Waals surface area contributed by atoms with Crippen molar-refractivity contribution in [3.63, 3.8) is 0 Å². The molecule has 0 bridgehead atoms. The van der Waals surface area contributed by atoms with E-state index in [2.05, 4.69) is 15.6 Å². The van der Waals surface area contributed by atoms with Gasteiger partial charge in [-0.05, 0) is 25.0 Å². The van der Waals surface area contributed by atoms with Crippen molar-refractivity contribution in [2.24, 2.45) is 5.92 Å². The molecule has 9 heteroatoms. The van der Waals surface area contributed by atoms with Crippen molar-refractivity contribution >= 4 is 58.1 Å². The van der Waals surface area contributed by atoms with E-state index in [9.17, 15) is 14.0 Å². The van der Waals surface area contributed by atoms with Gasteiger partial charge in [-0.25, -0.2) is 9.37 Å². The van der Waals surface area contributed by atoms with E-state index >= 15 is 0 Å². The molecule has 0 atom stereocenters. The summed E-state index contributed by atoms with van der Waals surface area (Å²) in [6.45, 7) is 0. The van der Waals surface area contributed by atoms with Gasteiger partial charge in [0.25, 0.3) is 5.91 Å². The summed E-state index contributed by atoms with van der Waals surface area (Å²) in [4.78, 5) is 27.9. The van der Waals surface area contributed by atoms with Crippen molar-refractivity contribution in [1.82, 2.24) is 4.98 Å². The molecule has 1 aromatic heterocycles. The number of aromatic nitrogens is 1. The van der Waals surface area contributed by atoms with Gasteiger partial charge in [-0.1, -0.05) is 34.8 Å². The normalized spacial score (nSPS) is 13.4. The van der Waals surface area contributed by atoms with Crippen molar-refractivity contribution in [3.05, 3.63) is 50.8 Å².